The van der Waals surface area contributed by atoms with Gasteiger partial charge in [-0.05, 0) is 54.7 Å². The number of hydrogen-bond donors (Lipinski definition) is 0. The zero-order chi connectivity index (χ0) is 17.1. The van der Waals surface area contributed by atoms with E-state index in [-0.39, 0.29) is 0 Å². The van der Waals surface area contributed by atoms with Crippen LogP contribution in [0.2, 0.25) is 0 Å². The number of hydrogen-bond acceptors (Lipinski definition) is 3. The Morgan fingerprint density at radius 3 is 2.56 bits per heavy atom. The Balaban J connectivity index is 1.37. The molecular weight excluding hydrogens is 308 g/mol. The minimum Gasteiger partial charge on any atom is -0.351 e. The minimum absolute atomic E-state index is 0.962. The summed E-state index contributed by atoms with van der Waals surface area (Å²) in [5.74, 6) is 0. The molecule has 3 aromatic rings. The van der Waals surface area contributed by atoms with Crippen LogP contribution in [0.5, 0.6) is 0 Å². The largest absolute Gasteiger partial charge is 0.351 e. The molecule has 0 N–H and O–H groups in total. The molecule has 1 aliphatic heterocycles. The second kappa shape index (κ2) is 7.38. The van der Waals surface area contributed by atoms with Gasteiger partial charge in [0.05, 0.1) is 5.69 Å². The summed E-state index contributed by atoms with van der Waals surface area (Å²) in [4.78, 5) is 9.58. The first kappa shape index (κ1) is 16.3. The molecule has 2 aromatic heterocycles. The lowest BCUT2D eigenvalue weighted by Crippen LogP contribution is -2.30. The van der Waals surface area contributed by atoms with Crippen molar-refractivity contribution >= 4 is 10.9 Å². The van der Waals surface area contributed by atoms with Crippen molar-refractivity contribution in [1.82, 2.24) is 19.4 Å². The summed E-state index contributed by atoms with van der Waals surface area (Å²) in [6.07, 6.45) is 5.24. The molecule has 4 heteroatoms. The molecule has 0 aliphatic carbocycles. The third kappa shape index (κ3) is 3.91. The van der Waals surface area contributed by atoms with Crippen LogP contribution in [-0.2, 0) is 20.1 Å². The van der Waals surface area contributed by atoms with Crippen molar-refractivity contribution in [3.8, 4) is 0 Å². The molecule has 1 fully saturated rings. The molecular formula is C21H26N4. The Kier molecular flexibility index (Phi) is 4.81. The van der Waals surface area contributed by atoms with Crippen molar-refractivity contribution in [2.24, 2.45) is 7.05 Å². The highest BCUT2D eigenvalue weighted by Crippen LogP contribution is 2.18. The van der Waals surface area contributed by atoms with E-state index in [0.29, 0.717) is 0 Å². The minimum atomic E-state index is 0.962. The van der Waals surface area contributed by atoms with E-state index in [1.165, 1.54) is 35.1 Å². The first-order valence-corrected chi connectivity index (χ1v) is 9.16. The van der Waals surface area contributed by atoms with Gasteiger partial charge in [0, 0.05) is 51.1 Å². The third-order valence-corrected chi connectivity index (χ3v) is 5.15. The molecule has 0 spiro atoms. The Hall–Kier alpha value is -2.17. The number of pyridine rings is 1. The molecule has 0 atom stereocenters. The lowest BCUT2D eigenvalue weighted by atomic mass is 10.1. The Bertz CT molecular complexity index is 824. The van der Waals surface area contributed by atoms with E-state index in [0.717, 1.165) is 32.7 Å². The fraction of sp³-hybridized carbons (Fsp3) is 0.381. The van der Waals surface area contributed by atoms with Gasteiger partial charge in [-0.25, -0.2) is 0 Å². The molecule has 3 heterocycles. The number of nitrogens with zero attached hydrogens (tertiary/aromatic N) is 4. The maximum atomic E-state index is 4.46. The van der Waals surface area contributed by atoms with E-state index < -0.39 is 0 Å². The molecule has 1 aliphatic rings. The lowest BCUT2D eigenvalue weighted by Gasteiger charge is -2.21. The van der Waals surface area contributed by atoms with Gasteiger partial charge in [0.15, 0.2) is 0 Å². The van der Waals surface area contributed by atoms with Crippen LogP contribution < -0.4 is 0 Å². The van der Waals surface area contributed by atoms with Crippen LogP contribution in [0.3, 0.4) is 0 Å². The van der Waals surface area contributed by atoms with Crippen LogP contribution >= 0.6 is 0 Å². The Morgan fingerprint density at radius 2 is 1.76 bits per heavy atom. The summed E-state index contributed by atoms with van der Waals surface area (Å²) in [6.45, 7) is 6.57. The second-order valence-corrected chi connectivity index (χ2v) is 7.05. The first-order chi connectivity index (χ1) is 12.3. The van der Waals surface area contributed by atoms with Crippen molar-refractivity contribution < 1.29 is 0 Å². The summed E-state index contributed by atoms with van der Waals surface area (Å²) in [5.41, 5.74) is 3.90. The maximum absolute atomic E-state index is 4.46. The van der Waals surface area contributed by atoms with Crippen molar-refractivity contribution in [1.29, 1.82) is 0 Å². The number of fused-ring (bicyclic) bond motifs is 1. The smallest absolute Gasteiger partial charge is 0.0543 e. The zero-order valence-corrected chi connectivity index (χ0v) is 14.9. The van der Waals surface area contributed by atoms with Gasteiger partial charge in [0.25, 0.3) is 0 Å². The van der Waals surface area contributed by atoms with Gasteiger partial charge in [-0.2, -0.15) is 0 Å². The fourth-order valence-electron chi connectivity index (χ4n) is 3.73. The number of rotatable bonds is 4. The van der Waals surface area contributed by atoms with Gasteiger partial charge < -0.3 is 4.57 Å². The molecule has 0 amide bonds. The van der Waals surface area contributed by atoms with Gasteiger partial charge >= 0.3 is 0 Å². The number of aromatic nitrogens is 2. The Labute approximate surface area is 149 Å². The molecule has 130 valence electrons. The summed E-state index contributed by atoms with van der Waals surface area (Å²) >= 11 is 0. The van der Waals surface area contributed by atoms with Crippen molar-refractivity contribution in [2.75, 3.05) is 26.2 Å². The van der Waals surface area contributed by atoms with Gasteiger partial charge in [0.2, 0.25) is 0 Å². The van der Waals surface area contributed by atoms with Gasteiger partial charge in [0.1, 0.15) is 0 Å². The van der Waals surface area contributed by atoms with Crippen LogP contribution in [0.25, 0.3) is 10.9 Å². The van der Waals surface area contributed by atoms with E-state index in [4.69, 9.17) is 0 Å². The summed E-state index contributed by atoms with van der Waals surface area (Å²) < 4.78 is 2.20. The van der Waals surface area contributed by atoms with Crippen molar-refractivity contribution in [3.63, 3.8) is 0 Å². The molecule has 4 rings (SSSR count). The molecule has 1 saturated heterocycles. The highest BCUT2D eigenvalue weighted by atomic mass is 15.2. The molecule has 0 bridgehead atoms. The monoisotopic (exact) mass is 334 g/mol. The average Bonchev–Trinajstić information content (AvgIpc) is 2.86. The van der Waals surface area contributed by atoms with Gasteiger partial charge in [-0.1, -0.05) is 18.2 Å². The maximum Gasteiger partial charge on any atom is 0.0543 e. The normalized spacial score (nSPS) is 17.0. The van der Waals surface area contributed by atoms with E-state index in [1.54, 1.807) is 0 Å². The molecule has 0 radical (unpaired) electrons. The van der Waals surface area contributed by atoms with Crippen LogP contribution in [0, 0.1) is 0 Å². The molecule has 0 saturated carbocycles. The van der Waals surface area contributed by atoms with Crippen molar-refractivity contribution in [3.05, 3.63) is 66.1 Å². The van der Waals surface area contributed by atoms with Crippen LogP contribution in [0.15, 0.2) is 54.9 Å². The lowest BCUT2D eigenvalue weighted by molar-refractivity contribution is 0.245. The summed E-state index contributed by atoms with van der Waals surface area (Å²) in [6, 6.07) is 15.2. The first-order valence-electron chi connectivity index (χ1n) is 9.16. The second-order valence-electron chi connectivity index (χ2n) is 7.05. The van der Waals surface area contributed by atoms with Gasteiger partial charge in [-0.15, -0.1) is 0 Å². The highest BCUT2D eigenvalue weighted by molar-refractivity contribution is 5.80. The van der Waals surface area contributed by atoms with E-state index in [2.05, 4.69) is 69.0 Å². The molecule has 4 nitrogen and oxygen atoms in total. The van der Waals surface area contributed by atoms with Gasteiger partial charge in [-0.3, -0.25) is 14.8 Å². The number of aryl methyl sites for hydroxylation is 1. The van der Waals surface area contributed by atoms with E-state index >= 15 is 0 Å². The van der Waals surface area contributed by atoms with Crippen LogP contribution in [0.1, 0.15) is 17.7 Å². The standard InChI is InChI=1S/C21H26N4/c1-23-12-8-19-7-6-18(15-21(19)23)16-24-10-4-11-25(14-13-24)17-20-5-2-3-9-22-20/h2-3,5-9,12,15H,4,10-11,13-14,16-17H2,1H3. The van der Waals surface area contributed by atoms with E-state index in [1.807, 2.05) is 12.3 Å². The highest BCUT2D eigenvalue weighted by Gasteiger charge is 2.15. The van der Waals surface area contributed by atoms with Crippen LogP contribution in [-0.4, -0.2) is 45.5 Å². The SMILES string of the molecule is Cn1ccc2ccc(CN3CCCN(Cc4ccccn4)CC3)cc21. The molecule has 25 heavy (non-hydrogen) atoms. The number of benzene rings is 1. The fourth-order valence-corrected chi connectivity index (χ4v) is 3.73. The topological polar surface area (TPSA) is 24.3 Å². The Morgan fingerprint density at radius 1 is 0.920 bits per heavy atom. The quantitative estimate of drug-likeness (QED) is 0.732. The summed E-state index contributed by atoms with van der Waals surface area (Å²) in [7, 11) is 2.12. The van der Waals surface area contributed by atoms with E-state index in [9.17, 15) is 0 Å². The third-order valence-electron chi connectivity index (χ3n) is 5.15. The van der Waals surface area contributed by atoms with Crippen molar-refractivity contribution in [2.45, 2.75) is 19.5 Å². The predicted octanol–water partition coefficient (Wildman–Crippen LogP) is 3.28. The molecule has 1 aromatic carbocycles. The van der Waals surface area contributed by atoms with Crippen LogP contribution in [0.4, 0.5) is 0 Å². The summed E-state index contributed by atoms with van der Waals surface area (Å²) in [5, 5.41) is 1.32. The zero-order valence-electron chi connectivity index (χ0n) is 14.9. The predicted molar refractivity (Wildman–Crippen MR) is 102 cm³/mol. The molecule has 0 unspecified atom stereocenters. The average molecular weight is 334 g/mol.